The topological polar surface area (TPSA) is 0 Å². The Kier molecular flexibility index (Phi) is 15.0. The molecule has 0 aromatic rings. The average molecular weight is 236 g/mol. The van der Waals surface area contributed by atoms with Gasteiger partial charge in [-0.1, -0.05) is 83.1 Å². The second-order valence-electron chi connectivity index (χ2n) is 4.91. The maximum Gasteiger partial charge on any atom is -0.0348 e. The highest BCUT2D eigenvalue weighted by Gasteiger charge is 1.86. The zero-order valence-corrected chi connectivity index (χ0v) is 12.1. The Balaban J connectivity index is 3.15. The molecule has 0 N–H and O–H groups in total. The lowest BCUT2D eigenvalue weighted by molar-refractivity contribution is 0.637. The van der Waals surface area contributed by atoms with Crippen LogP contribution >= 0.6 is 0 Å². The van der Waals surface area contributed by atoms with Crippen LogP contribution in [0.1, 0.15) is 84.5 Å². The molecule has 0 amide bonds. The molecule has 0 saturated carbocycles. The summed E-state index contributed by atoms with van der Waals surface area (Å²) in [4.78, 5) is 0. The first kappa shape index (κ1) is 16.5. The van der Waals surface area contributed by atoms with Crippen LogP contribution in [0.4, 0.5) is 0 Å². The Morgan fingerprint density at radius 2 is 0.941 bits per heavy atom. The molecule has 0 spiro atoms. The van der Waals surface area contributed by atoms with Gasteiger partial charge in [0.05, 0.1) is 0 Å². The Morgan fingerprint density at radius 1 is 0.529 bits per heavy atom. The highest BCUT2D eigenvalue weighted by atomic mass is 13.9. The summed E-state index contributed by atoms with van der Waals surface area (Å²) < 4.78 is 0. The molecule has 0 rings (SSSR count). The summed E-state index contributed by atoms with van der Waals surface area (Å²) in [7, 11) is 0. The van der Waals surface area contributed by atoms with Gasteiger partial charge in [-0.15, -0.1) is 0 Å². The third-order valence-corrected chi connectivity index (χ3v) is 3.08. The van der Waals surface area contributed by atoms with E-state index >= 15 is 0 Å². The normalized spacial score (nSPS) is 11.9. The van der Waals surface area contributed by atoms with Crippen molar-refractivity contribution in [2.24, 2.45) is 0 Å². The van der Waals surface area contributed by atoms with Crippen LogP contribution in [0.2, 0.25) is 0 Å². The largest absolute Gasteiger partial charge is 0.0845 e. The van der Waals surface area contributed by atoms with Crippen molar-refractivity contribution in [2.45, 2.75) is 84.5 Å². The molecule has 0 aromatic heterocycles. The molecule has 0 saturated heterocycles. The summed E-state index contributed by atoms with van der Waals surface area (Å²) in [5, 5.41) is 0. The Morgan fingerprint density at radius 3 is 1.41 bits per heavy atom. The van der Waals surface area contributed by atoms with Gasteiger partial charge in [0.25, 0.3) is 0 Å². The van der Waals surface area contributed by atoms with Crippen molar-refractivity contribution in [2.75, 3.05) is 0 Å². The number of rotatable bonds is 12. The first-order chi connectivity index (χ1) is 8.41. The van der Waals surface area contributed by atoms with Gasteiger partial charge in [-0.3, -0.25) is 0 Å². The van der Waals surface area contributed by atoms with E-state index in [4.69, 9.17) is 0 Å². The van der Waals surface area contributed by atoms with Crippen LogP contribution in [-0.4, -0.2) is 0 Å². The SMILES string of the molecule is CCCCCC/C=C\C=C/CCCCCCC. The molecule has 0 aromatic carbocycles. The van der Waals surface area contributed by atoms with Gasteiger partial charge < -0.3 is 0 Å². The predicted molar refractivity (Wildman–Crippen MR) is 80.4 cm³/mol. The predicted octanol–water partition coefficient (Wildman–Crippen LogP) is 6.43. The van der Waals surface area contributed by atoms with Crippen LogP contribution in [0.5, 0.6) is 0 Å². The van der Waals surface area contributed by atoms with Crippen LogP contribution in [-0.2, 0) is 0 Å². The maximum atomic E-state index is 2.31. The van der Waals surface area contributed by atoms with E-state index < -0.39 is 0 Å². The highest BCUT2D eigenvalue weighted by molar-refractivity contribution is 5.02. The molecule has 17 heavy (non-hydrogen) atoms. The second-order valence-corrected chi connectivity index (χ2v) is 4.91. The number of unbranched alkanes of at least 4 members (excludes halogenated alkanes) is 9. The van der Waals surface area contributed by atoms with Gasteiger partial charge >= 0.3 is 0 Å². The smallest absolute Gasteiger partial charge is 0.0348 e. The fourth-order valence-electron chi connectivity index (χ4n) is 1.90. The second kappa shape index (κ2) is 15.5. The summed E-state index contributed by atoms with van der Waals surface area (Å²) in [6, 6.07) is 0. The molecule has 0 heterocycles. The molecular formula is C17H32. The fourth-order valence-corrected chi connectivity index (χ4v) is 1.90. The fraction of sp³-hybridized carbons (Fsp3) is 0.765. The van der Waals surface area contributed by atoms with Crippen LogP contribution in [0.3, 0.4) is 0 Å². The summed E-state index contributed by atoms with van der Waals surface area (Å²) in [5.74, 6) is 0. The van der Waals surface area contributed by atoms with Crippen LogP contribution in [0.25, 0.3) is 0 Å². The van der Waals surface area contributed by atoms with Crippen molar-refractivity contribution in [1.29, 1.82) is 0 Å². The Hall–Kier alpha value is -0.520. The van der Waals surface area contributed by atoms with Crippen molar-refractivity contribution in [1.82, 2.24) is 0 Å². The monoisotopic (exact) mass is 236 g/mol. The van der Waals surface area contributed by atoms with Gasteiger partial charge in [-0.2, -0.15) is 0 Å². The molecule has 0 radical (unpaired) electrons. The van der Waals surface area contributed by atoms with Crippen LogP contribution < -0.4 is 0 Å². The van der Waals surface area contributed by atoms with Gasteiger partial charge in [0.15, 0.2) is 0 Å². The molecule has 0 heteroatoms. The van der Waals surface area contributed by atoms with Crippen LogP contribution in [0, 0.1) is 0 Å². The molecule has 100 valence electrons. The molecule has 0 bridgehead atoms. The van der Waals surface area contributed by atoms with Crippen LogP contribution in [0.15, 0.2) is 24.3 Å². The molecule has 0 aliphatic carbocycles. The van der Waals surface area contributed by atoms with Crippen molar-refractivity contribution in [3.8, 4) is 0 Å². The Labute approximate surface area is 109 Å². The molecule has 0 nitrogen and oxygen atoms in total. The molecule has 0 atom stereocenters. The van der Waals surface area contributed by atoms with E-state index in [-0.39, 0.29) is 0 Å². The lowest BCUT2D eigenvalue weighted by Crippen LogP contribution is -1.75. The first-order valence-corrected chi connectivity index (χ1v) is 7.73. The van der Waals surface area contributed by atoms with Gasteiger partial charge in [0, 0.05) is 0 Å². The van der Waals surface area contributed by atoms with Crippen molar-refractivity contribution >= 4 is 0 Å². The van der Waals surface area contributed by atoms with E-state index in [0.717, 1.165) is 0 Å². The van der Waals surface area contributed by atoms with Gasteiger partial charge in [-0.25, -0.2) is 0 Å². The maximum absolute atomic E-state index is 2.31. The number of allylic oxidation sites excluding steroid dienone is 4. The molecule has 0 aliphatic heterocycles. The molecule has 0 aliphatic rings. The molecule has 0 fully saturated rings. The third-order valence-electron chi connectivity index (χ3n) is 3.08. The summed E-state index contributed by atoms with van der Waals surface area (Å²) >= 11 is 0. The van der Waals surface area contributed by atoms with E-state index in [9.17, 15) is 0 Å². The van der Waals surface area contributed by atoms with E-state index in [1.54, 1.807) is 0 Å². The minimum absolute atomic E-state index is 1.25. The summed E-state index contributed by atoms with van der Waals surface area (Å²) in [6.07, 6.45) is 24.0. The first-order valence-electron chi connectivity index (χ1n) is 7.73. The van der Waals surface area contributed by atoms with E-state index in [0.29, 0.717) is 0 Å². The summed E-state index contributed by atoms with van der Waals surface area (Å²) in [5.41, 5.74) is 0. The third kappa shape index (κ3) is 15.5. The minimum atomic E-state index is 1.25. The number of hydrogen-bond acceptors (Lipinski definition) is 0. The highest BCUT2D eigenvalue weighted by Crippen LogP contribution is 2.06. The Bertz CT molecular complexity index is 176. The van der Waals surface area contributed by atoms with E-state index in [2.05, 4.69) is 38.2 Å². The van der Waals surface area contributed by atoms with Gasteiger partial charge in [0.2, 0.25) is 0 Å². The lowest BCUT2D eigenvalue weighted by atomic mass is 10.1. The zero-order valence-electron chi connectivity index (χ0n) is 12.1. The summed E-state index contributed by atoms with van der Waals surface area (Å²) in [6.45, 7) is 4.53. The average Bonchev–Trinajstić information content (AvgIpc) is 2.35. The molecular weight excluding hydrogens is 204 g/mol. The quantitative estimate of drug-likeness (QED) is 0.270. The standard InChI is InChI=1S/C17H32/c1-3-5-7-9-11-13-15-17-16-14-12-10-8-6-4-2/h13,15-17H,3-12,14H2,1-2H3/b15-13-,17-16-. The van der Waals surface area contributed by atoms with Crippen molar-refractivity contribution < 1.29 is 0 Å². The van der Waals surface area contributed by atoms with E-state index in [1.165, 1.54) is 70.6 Å². The van der Waals surface area contributed by atoms with Gasteiger partial charge in [0.1, 0.15) is 0 Å². The zero-order chi connectivity index (χ0) is 12.6. The van der Waals surface area contributed by atoms with E-state index in [1.807, 2.05) is 0 Å². The lowest BCUT2D eigenvalue weighted by Gasteiger charge is -1.95. The number of hydrogen-bond donors (Lipinski definition) is 0. The van der Waals surface area contributed by atoms with Crippen molar-refractivity contribution in [3.05, 3.63) is 24.3 Å². The van der Waals surface area contributed by atoms with Gasteiger partial charge in [-0.05, 0) is 25.7 Å². The minimum Gasteiger partial charge on any atom is -0.0845 e. The van der Waals surface area contributed by atoms with Crippen molar-refractivity contribution in [3.63, 3.8) is 0 Å². The molecule has 0 unspecified atom stereocenters.